The number of rotatable bonds is 3. The van der Waals surface area contributed by atoms with Crippen LogP contribution in [-0.2, 0) is 11.8 Å². The maximum Gasteiger partial charge on any atom is 0.425 e. The lowest BCUT2D eigenvalue weighted by Gasteiger charge is -2.28. The van der Waals surface area contributed by atoms with Gasteiger partial charge in [0.1, 0.15) is 5.82 Å². The minimum atomic E-state index is -5.29. The van der Waals surface area contributed by atoms with E-state index < -0.39 is 34.9 Å². The summed E-state index contributed by atoms with van der Waals surface area (Å²) in [4.78, 5) is 0. The Morgan fingerprint density at radius 1 is 0.800 bits per heavy atom. The lowest BCUT2D eigenvalue weighted by atomic mass is 9.90. The topological polar surface area (TPSA) is 20.2 Å². The molecule has 8 heteroatoms. The number of alkyl halides is 6. The smallest absolute Gasteiger partial charge is 0.373 e. The van der Waals surface area contributed by atoms with Gasteiger partial charge in [-0.15, -0.1) is 0 Å². The summed E-state index contributed by atoms with van der Waals surface area (Å²) >= 11 is 0. The molecule has 1 atom stereocenters. The van der Waals surface area contributed by atoms with Crippen molar-refractivity contribution >= 4 is 6.08 Å². The van der Waals surface area contributed by atoms with E-state index in [-0.39, 0.29) is 17.7 Å². The van der Waals surface area contributed by atoms with Crippen molar-refractivity contribution in [2.75, 3.05) is 0 Å². The number of hydrogen-bond donors (Lipinski definition) is 1. The Morgan fingerprint density at radius 2 is 1.40 bits per heavy atom. The lowest BCUT2D eigenvalue weighted by molar-refractivity contribution is -0.245. The second kappa shape index (κ2) is 6.51. The fourth-order valence-electron chi connectivity index (χ4n) is 2.11. The van der Waals surface area contributed by atoms with Crippen LogP contribution in [0.1, 0.15) is 16.7 Å². The summed E-state index contributed by atoms with van der Waals surface area (Å²) < 4.78 is 91.3. The Morgan fingerprint density at radius 3 is 1.96 bits per heavy atom. The van der Waals surface area contributed by atoms with Gasteiger partial charge in [0.2, 0.25) is 5.60 Å². The van der Waals surface area contributed by atoms with Crippen LogP contribution in [0.4, 0.5) is 30.7 Å². The number of halogens is 7. The van der Waals surface area contributed by atoms with Crippen molar-refractivity contribution in [2.45, 2.75) is 18.0 Å². The molecule has 2 aromatic rings. The molecule has 0 bridgehead atoms. The molecule has 0 aliphatic heterocycles. The fourth-order valence-corrected chi connectivity index (χ4v) is 2.11. The van der Waals surface area contributed by atoms with E-state index in [9.17, 15) is 35.8 Å². The van der Waals surface area contributed by atoms with Gasteiger partial charge in [-0.25, -0.2) is 4.39 Å². The van der Waals surface area contributed by atoms with E-state index in [1.54, 1.807) is 0 Å². The molecule has 2 rings (SSSR count). The van der Waals surface area contributed by atoms with E-state index >= 15 is 0 Å². The van der Waals surface area contributed by atoms with Crippen molar-refractivity contribution in [3.63, 3.8) is 0 Å². The molecule has 0 saturated carbocycles. The molecule has 25 heavy (non-hydrogen) atoms. The fraction of sp³-hybridized carbons (Fsp3) is 0.176. The third-order valence-electron chi connectivity index (χ3n) is 3.43. The Kier molecular flexibility index (Phi) is 4.94. The summed E-state index contributed by atoms with van der Waals surface area (Å²) in [6.45, 7) is 0. The van der Waals surface area contributed by atoms with Crippen molar-refractivity contribution < 1.29 is 35.8 Å². The van der Waals surface area contributed by atoms with Crippen LogP contribution >= 0.6 is 0 Å². The predicted octanol–water partition coefficient (Wildman–Crippen LogP) is 5.31. The summed E-state index contributed by atoms with van der Waals surface area (Å²) in [6, 6.07) is 6.83. The highest BCUT2D eigenvalue weighted by Crippen LogP contribution is 2.42. The van der Waals surface area contributed by atoms with Crippen LogP contribution in [0, 0.1) is 5.82 Å². The van der Waals surface area contributed by atoms with Gasteiger partial charge in [0.25, 0.3) is 0 Å². The molecule has 0 radical (unpaired) electrons. The summed E-state index contributed by atoms with van der Waals surface area (Å²) in [5.74, 6) is -0.711. The molecule has 0 aliphatic carbocycles. The second-order valence-electron chi connectivity index (χ2n) is 5.23. The van der Waals surface area contributed by atoms with Crippen molar-refractivity contribution in [3.05, 3.63) is 77.1 Å². The third-order valence-corrected chi connectivity index (χ3v) is 3.43. The van der Waals surface area contributed by atoms with Crippen LogP contribution in [0.25, 0.3) is 6.08 Å². The zero-order chi connectivity index (χ0) is 18.9. The number of aliphatic hydroxyl groups is 1. The molecular formula is C17H11F7O. The largest absolute Gasteiger partial charge is 0.425 e. The minimum absolute atomic E-state index is 0.00894. The van der Waals surface area contributed by atoms with Gasteiger partial charge in [-0.1, -0.05) is 30.3 Å². The van der Waals surface area contributed by atoms with E-state index in [1.165, 1.54) is 12.1 Å². The maximum atomic E-state index is 13.3. The minimum Gasteiger partial charge on any atom is -0.373 e. The summed E-state index contributed by atoms with van der Waals surface area (Å²) in [7, 11) is 0. The highest BCUT2D eigenvalue weighted by atomic mass is 19.4. The monoisotopic (exact) mass is 364 g/mol. The molecule has 1 nitrogen and oxygen atoms in total. The van der Waals surface area contributed by atoms with E-state index in [4.69, 9.17) is 0 Å². The average molecular weight is 364 g/mol. The maximum absolute atomic E-state index is 13.3. The van der Waals surface area contributed by atoms with E-state index in [0.29, 0.717) is 6.07 Å². The van der Waals surface area contributed by atoms with Gasteiger partial charge in [-0.3, -0.25) is 0 Å². The number of hydrogen-bond acceptors (Lipinski definition) is 1. The summed E-state index contributed by atoms with van der Waals surface area (Å²) in [5.41, 5.74) is -5.98. The Balaban J connectivity index is 2.52. The Hall–Kier alpha value is -2.35. The van der Waals surface area contributed by atoms with E-state index in [0.717, 1.165) is 30.3 Å². The molecule has 1 N–H and O–H groups in total. The van der Waals surface area contributed by atoms with E-state index in [1.807, 2.05) is 0 Å². The van der Waals surface area contributed by atoms with Crippen molar-refractivity contribution in [1.82, 2.24) is 0 Å². The van der Waals surface area contributed by atoms with Crippen LogP contribution in [0.15, 0.2) is 54.6 Å². The van der Waals surface area contributed by atoms with Gasteiger partial charge < -0.3 is 5.11 Å². The van der Waals surface area contributed by atoms with Crippen molar-refractivity contribution in [3.8, 4) is 0 Å². The van der Waals surface area contributed by atoms with Gasteiger partial charge in [-0.05, 0) is 41.5 Å². The first kappa shape index (κ1) is 19.0. The van der Waals surface area contributed by atoms with Gasteiger partial charge in [-0.2, -0.15) is 26.3 Å². The molecule has 134 valence electrons. The van der Waals surface area contributed by atoms with Crippen LogP contribution in [-0.4, -0.2) is 11.3 Å². The van der Waals surface area contributed by atoms with Gasteiger partial charge in [0, 0.05) is 0 Å². The molecule has 0 fully saturated rings. The predicted molar refractivity (Wildman–Crippen MR) is 76.8 cm³/mol. The second-order valence-corrected chi connectivity index (χ2v) is 5.23. The van der Waals surface area contributed by atoms with Crippen LogP contribution in [0.3, 0.4) is 0 Å². The Bertz CT molecular complexity index is 777. The summed E-state index contributed by atoms with van der Waals surface area (Å²) in [6.07, 6.45) is -9.08. The van der Waals surface area contributed by atoms with Crippen LogP contribution in [0.2, 0.25) is 0 Å². The van der Waals surface area contributed by atoms with Gasteiger partial charge in [0.15, 0.2) is 0 Å². The standard InChI is InChI=1S/C17H11F7O/c18-14-6-1-3-11(9-14)7-8-15(25,17(22,23)24)12-4-2-5-13(10-12)16(19,20)21/h1-10,25H. The molecular weight excluding hydrogens is 353 g/mol. The zero-order valence-corrected chi connectivity index (χ0v) is 12.4. The molecule has 0 spiro atoms. The van der Waals surface area contributed by atoms with E-state index in [2.05, 4.69) is 0 Å². The molecule has 0 saturated heterocycles. The third kappa shape index (κ3) is 4.19. The highest BCUT2D eigenvalue weighted by molar-refractivity contribution is 5.52. The van der Waals surface area contributed by atoms with Crippen molar-refractivity contribution in [1.29, 1.82) is 0 Å². The van der Waals surface area contributed by atoms with Crippen LogP contribution < -0.4 is 0 Å². The SMILES string of the molecule is OC(C=Cc1cccc(F)c1)(c1cccc(C(F)(F)F)c1)C(F)(F)F. The average Bonchev–Trinajstić information content (AvgIpc) is 2.51. The Labute approximate surface area is 138 Å². The molecule has 0 aliphatic rings. The molecule has 0 aromatic heterocycles. The quantitative estimate of drug-likeness (QED) is 0.732. The molecule has 0 amide bonds. The molecule has 2 aromatic carbocycles. The summed E-state index contributed by atoms with van der Waals surface area (Å²) in [5, 5.41) is 10.1. The lowest BCUT2D eigenvalue weighted by Crippen LogP contribution is -2.40. The van der Waals surface area contributed by atoms with Gasteiger partial charge >= 0.3 is 12.4 Å². The van der Waals surface area contributed by atoms with Gasteiger partial charge in [0.05, 0.1) is 5.56 Å². The zero-order valence-electron chi connectivity index (χ0n) is 12.4. The van der Waals surface area contributed by atoms with Crippen LogP contribution in [0.5, 0.6) is 0 Å². The molecule has 0 heterocycles. The highest BCUT2D eigenvalue weighted by Gasteiger charge is 2.53. The first-order chi connectivity index (χ1) is 11.4. The first-order valence-electron chi connectivity index (χ1n) is 6.85. The molecule has 1 unspecified atom stereocenters. The van der Waals surface area contributed by atoms with Crippen molar-refractivity contribution in [2.24, 2.45) is 0 Å². The first-order valence-corrected chi connectivity index (χ1v) is 6.85. The normalized spacial score (nSPS) is 15.4. The number of benzene rings is 2.